The predicted molar refractivity (Wildman–Crippen MR) is 64.3 cm³/mol. The van der Waals surface area contributed by atoms with Gasteiger partial charge in [0.2, 0.25) is 0 Å². The second-order valence-corrected chi connectivity index (χ2v) is 3.87. The number of phenols is 1. The van der Waals surface area contributed by atoms with Crippen molar-refractivity contribution < 1.29 is 9.90 Å². The number of rotatable bonds is 3. The van der Waals surface area contributed by atoms with Crippen LogP contribution in [0.25, 0.3) is 0 Å². The van der Waals surface area contributed by atoms with Gasteiger partial charge in [-0.1, -0.05) is 6.07 Å². The van der Waals surface area contributed by atoms with Gasteiger partial charge in [-0.05, 0) is 19.1 Å². The number of nitriles is 1. The van der Waals surface area contributed by atoms with Crippen LogP contribution in [0.15, 0.2) is 18.2 Å². The number of phenolic OH excluding ortho intramolecular Hbond substituents is 1. The van der Waals surface area contributed by atoms with Gasteiger partial charge in [0.1, 0.15) is 0 Å². The molecule has 0 bridgehead atoms. The summed E-state index contributed by atoms with van der Waals surface area (Å²) in [6.45, 7) is 1.77. The molecular weight excluding hydrogens is 218 g/mol. The topological polar surface area (TPSA) is 90.4 Å². The lowest BCUT2D eigenvalue weighted by molar-refractivity contribution is 0.0743. The maximum Gasteiger partial charge on any atom is 0.257 e. The van der Waals surface area contributed by atoms with Crippen LogP contribution in [0.4, 0.5) is 5.69 Å². The van der Waals surface area contributed by atoms with Gasteiger partial charge < -0.3 is 15.7 Å². The Morgan fingerprint density at radius 3 is 2.88 bits per heavy atom. The Bertz CT molecular complexity index is 465. The van der Waals surface area contributed by atoms with Crippen molar-refractivity contribution in [2.24, 2.45) is 0 Å². The van der Waals surface area contributed by atoms with Crippen molar-refractivity contribution in [3.05, 3.63) is 23.8 Å². The van der Waals surface area contributed by atoms with E-state index in [2.05, 4.69) is 0 Å². The van der Waals surface area contributed by atoms with Crippen LogP contribution in [0.2, 0.25) is 0 Å². The first-order valence-electron chi connectivity index (χ1n) is 5.20. The van der Waals surface area contributed by atoms with Gasteiger partial charge in [0.15, 0.2) is 5.75 Å². The fraction of sp³-hybridized carbons (Fsp3) is 0.333. The third kappa shape index (κ3) is 2.67. The van der Waals surface area contributed by atoms with Gasteiger partial charge in [-0.2, -0.15) is 5.26 Å². The lowest BCUT2D eigenvalue weighted by Crippen LogP contribution is -2.34. The fourth-order valence-corrected chi connectivity index (χ4v) is 1.39. The minimum Gasteiger partial charge on any atom is -0.505 e. The van der Waals surface area contributed by atoms with Gasteiger partial charge in [0.25, 0.3) is 5.91 Å². The molecule has 1 amide bonds. The number of carbonyl (C=O) groups is 1. The molecule has 1 atom stereocenters. The Hall–Kier alpha value is -2.22. The molecule has 0 aliphatic rings. The molecular formula is C12H15N3O2. The Morgan fingerprint density at radius 1 is 1.65 bits per heavy atom. The molecule has 90 valence electrons. The summed E-state index contributed by atoms with van der Waals surface area (Å²) >= 11 is 0. The molecule has 3 N–H and O–H groups in total. The molecule has 0 aliphatic heterocycles. The molecule has 5 nitrogen and oxygen atoms in total. The molecule has 0 saturated heterocycles. The number of carbonyl (C=O) groups excluding carboxylic acids is 1. The molecule has 0 heterocycles. The second kappa shape index (κ2) is 5.21. The summed E-state index contributed by atoms with van der Waals surface area (Å²) in [5.41, 5.74) is 5.83. The zero-order chi connectivity index (χ0) is 13.0. The van der Waals surface area contributed by atoms with Gasteiger partial charge in [-0.3, -0.25) is 4.79 Å². The first-order valence-corrected chi connectivity index (χ1v) is 5.20. The SMILES string of the molecule is CC(CC#N)N(C)C(=O)c1cccc(N)c1O. The zero-order valence-electron chi connectivity index (χ0n) is 9.84. The standard InChI is InChI=1S/C12H15N3O2/c1-8(6-7-13)15(2)12(17)9-4-3-5-10(14)11(9)16/h3-5,8,16H,6,14H2,1-2H3. The average Bonchev–Trinajstić information content (AvgIpc) is 2.31. The predicted octanol–water partition coefficient (Wildman–Crippen LogP) is 1.35. The number of nitrogens with zero attached hydrogens (tertiary/aromatic N) is 2. The van der Waals surface area contributed by atoms with Gasteiger partial charge in [0.05, 0.1) is 23.7 Å². The van der Waals surface area contributed by atoms with Crippen LogP contribution in [-0.4, -0.2) is 29.0 Å². The summed E-state index contributed by atoms with van der Waals surface area (Å²) < 4.78 is 0. The summed E-state index contributed by atoms with van der Waals surface area (Å²) in [5.74, 6) is -0.564. The number of amides is 1. The maximum absolute atomic E-state index is 12.0. The minimum absolute atomic E-state index is 0.150. The molecule has 0 saturated carbocycles. The third-order valence-corrected chi connectivity index (χ3v) is 2.67. The number of benzene rings is 1. The number of para-hydroxylation sites is 1. The van der Waals surface area contributed by atoms with Crippen LogP contribution < -0.4 is 5.73 Å². The second-order valence-electron chi connectivity index (χ2n) is 3.87. The van der Waals surface area contributed by atoms with Crippen molar-refractivity contribution in [2.75, 3.05) is 12.8 Å². The number of hydrogen-bond donors (Lipinski definition) is 2. The number of hydrogen-bond acceptors (Lipinski definition) is 4. The van der Waals surface area contributed by atoms with E-state index < -0.39 is 0 Å². The van der Waals surface area contributed by atoms with Crippen molar-refractivity contribution >= 4 is 11.6 Å². The maximum atomic E-state index is 12.0. The van der Waals surface area contributed by atoms with Crippen LogP contribution in [0.5, 0.6) is 5.75 Å². The van der Waals surface area contributed by atoms with Crippen molar-refractivity contribution in [1.29, 1.82) is 5.26 Å². The normalized spacial score (nSPS) is 11.6. The highest BCUT2D eigenvalue weighted by Gasteiger charge is 2.20. The van der Waals surface area contributed by atoms with Crippen molar-refractivity contribution in [3.8, 4) is 11.8 Å². The van der Waals surface area contributed by atoms with Crippen LogP contribution in [0.3, 0.4) is 0 Å². The van der Waals surface area contributed by atoms with E-state index in [1.165, 1.54) is 17.0 Å². The summed E-state index contributed by atoms with van der Waals surface area (Å²) in [6.07, 6.45) is 0.241. The number of aromatic hydroxyl groups is 1. The van der Waals surface area contributed by atoms with Crippen molar-refractivity contribution in [1.82, 2.24) is 4.90 Å². The van der Waals surface area contributed by atoms with Crippen LogP contribution >= 0.6 is 0 Å². The van der Waals surface area contributed by atoms with Crippen LogP contribution in [0.1, 0.15) is 23.7 Å². The van der Waals surface area contributed by atoms with E-state index in [1.54, 1.807) is 20.0 Å². The first-order chi connectivity index (χ1) is 7.99. The smallest absolute Gasteiger partial charge is 0.257 e. The molecule has 1 aromatic carbocycles. The zero-order valence-corrected chi connectivity index (χ0v) is 9.84. The molecule has 1 rings (SSSR count). The van der Waals surface area contributed by atoms with Crippen LogP contribution in [-0.2, 0) is 0 Å². The fourth-order valence-electron chi connectivity index (χ4n) is 1.39. The highest BCUT2D eigenvalue weighted by molar-refractivity contribution is 5.98. The molecule has 0 radical (unpaired) electrons. The monoisotopic (exact) mass is 233 g/mol. The molecule has 1 unspecified atom stereocenters. The Morgan fingerprint density at radius 2 is 2.29 bits per heavy atom. The molecule has 0 aliphatic carbocycles. The number of nitrogens with two attached hydrogens (primary N) is 1. The van der Waals surface area contributed by atoms with Crippen molar-refractivity contribution in [3.63, 3.8) is 0 Å². The lowest BCUT2D eigenvalue weighted by atomic mass is 10.1. The molecule has 0 fully saturated rings. The number of anilines is 1. The van der Waals surface area contributed by atoms with Crippen LogP contribution in [0, 0.1) is 11.3 Å². The molecule has 1 aromatic rings. The van der Waals surface area contributed by atoms with E-state index >= 15 is 0 Å². The minimum atomic E-state index is -0.349. The molecule has 0 aromatic heterocycles. The van der Waals surface area contributed by atoms with E-state index in [9.17, 15) is 9.90 Å². The largest absolute Gasteiger partial charge is 0.505 e. The summed E-state index contributed by atoms with van der Waals surface area (Å²) in [4.78, 5) is 13.4. The summed E-state index contributed by atoms with van der Waals surface area (Å²) in [7, 11) is 1.59. The van der Waals surface area contributed by atoms with Gasteiger partial charge in [-0.25, -0.2) is 0 Å². The Kier molecular flexibility index (Phi) is 3.94. The highest BCUT2D eigenvalue weighted by atomic mass is 16.3. The Labute approximate surface area is 100 Å². The quantitative estimate of drug-likeness (QED) is 0.609. The van der Waals surface area contributed by atoms with E-state index in [-0.39, 0.29) is 35.4 Å². The molecule has 17 heavy (non-hydrogen) atoms. The van der Waals surface area contributed by atoms with E-state index in [0.29, 0.717) is 0 Å². The van der Waals surface area contributed by atoms with E-state index in [4.69, 9.17) is 11.0 Å². The number of nitrogen functional groups attached to an aromatic ring is 1. The molecule has 0 spiro atoms. The highest BCUT2D eigenvalue weighted by Crippen LogP contribution is 2.25. The lowest BCUT2D eigenvalue weighted by Gasteiger charge is -2.23. The van der Waals surface area contributed by atoms with Crippen molar-refractivity contribution in [2.45, 2.75) is 19.4 Å². The van der Waals surface area contributed by atoms with E-state index in [1.807, 2.05) is 6.07 Å². The summed E-state index contributed by atoms with van der Waals surface area (Å²) in [6, 6.07) is 6.41. The van der Waals surface area contributed by atoms with Gasteiger partial charge >= 0.3 is 0 Å². The molecule has 5 heteroatoms. The Balaban J connectivity index is 2.97. The first kappa shape index (κ1) is 12.8. The van der Waals surface area contributed by atoms with E-state index in [0.717, 1.165) is 0 Å². The summed E-state index contributed by atoms with van der Waals surface area (Å²) in [5, 5.41) is 18.3. The third-order valence-electron chi connectivity index (χ3n) is 2.67. The average molecular weight is 233 g/mol. The van der Waals surface area contributed by atoms with Gasteiger partial charge in [-0.15, -0.1) is 0 Å². The van der Waals surface area contributed by atoms with Gasteiger partial charge in [0, 0.05) is 13.1 Å².